The molecule has 0 N–H and O–H groups in total. The summed E-state index contributed by atoms with van der Waals surface area (Å²) in [7, 11) is 0. The van der Waals surface area contributed by atoms with Gasteiger partial charge in [-0.2, -0.15) is 0 Å². The number of hydrogen-bond donors (Lipinski definition) is 0. The lowest BCUT2D eigenvalue weighted by Crippen LogP contribution is -2.30. The fourth-order valence-corrected chi connectivity index (χ4v) is 4.35. The van der Waals surface area contributed by atoms with Crippen molar-refractivity contribution in [2.75, 3.05) is 12.3 Å². The summed E-state index contributed by atoms with van der Waals surface area (Å²) < 4.78 is 13.5. The van der Waals surface area contributed by atoms with Gasteiger partial charge in [-0.15, -0.1) is 11.8 Å². The molecule has 1 amide bonds. The van der Waals surface area contributed by atoms with Gasteiger partial charge in [0.2, 0.25) is 0 Å². The van der Waals surface area contributed by atoms with Gasteiger partial charge in [0.1, 0.15) is 11.2 Å². The fraction of sp³-hybridized carbons (Fsp3) is 0.150. The van der Waals surface area contributed by atoms with Crippen molar-refractivity contribution in [1.29, 1.82) is 0 Å². The summed E-state index contributed by atoms with van der Waals surface area (Å²) in [5.74, 6) is 0.596. The van der Waals surface area contributed by atoms with Crippen LogP contribution in [0.1, 0.15) is 21.3 Å². The molecule has 0 aliphatic carbocycles. The normalized spacial score (nSPS) is 17.4. The van der Waals surface area contributed by atoms with E-state index in [9.17, 15) is 9.18 Å². The highest BCUT2D eigenvalue weighted by Crippen LogP contribution is 2.39. The van der Waals surface area contributed by atoms with E-state index < -0.39 is 0 Å². The van der Waals surface area contributed by atoms with E-state index in [0.717, 1.165) is 22.1 Å². The smallest absolute Gasteiger partial charge is 0.255 e. The van der Waals surface area contributed by atoms with Crippen LogP contribution in [-0.2, 0) is 0 Å². The lowest BCUT2D eigenvalue weighted by atomic mass is 10.1. The first-order chi connectivity index (χ1) is 11.7. The molecule has 24 heavy (non-hydrogen) atoms. The molecule has 0 bridgehead atoms. The van der Waals surface area contributed by atoms with E-state index in [1.807, 2.05) is 53.4 Å². The molecule has 1 fully saturated rings. The third kappa shape index (κ3) is 2.78. The van der Waals surface area contributed by atoms with Crippen LogP contribution in [0.25, 0.3) is 10.8 Å². The van der Waals surface area contributed by atoms with E-state index in [1.54, 1.807) is 17.8 Å². The number of thioether (sulfide) groups is 1. The highest BCUT2D eigenvalue weighted by molar-refractivity contribution is 7.99. The minimum absolute atomic E-state index is 0.0000132. The summed E-state index contributed by atoms with van der Waals surface area (Å²) in [6.07, 6.45) is 0. The van der Waals surface area contributed by atoms with E-state index in [0.29, 0.717) is 12.1 Å². The molecule has 3 aromatic rings. The molecule has 2 nitrogen and oxygen atoms in total. The van der Waals surface area contributed by atoms with Gasteiger partial charge in [0.25, 0.3) is 5.91 Å². The average molecular weight is 337 g/mol. The molecule has 0 spiro atoms. The molecular formula is C20H16FNOS. The van der Waals surface area contributed by atoms with Crippen LogP contribution in [0.4, 0.5) is 4.39 Å². The molecule has 0 radical (unpaired) electrons. The van der Waals surface area contributed by atoms with Crippen molar-refractivity contribution in [2.45, 2.75) is 5.37 Å². The van der Waals surface area contributed by atoms with Crippen LogP contribution in [0.2, 0.25) is 0 Å². The number of carbonyl (C=O) groups is 1. The van der Waals surface area contributed by atoms with Crippen LogP contribution < -0.4 is 0 Å². The average Bonchev–Trinajstić information content (AvgIpc) is 3.10. The third-order valence-electron chi connectivity index (χ3n) is 4.28. The predicted molar refractivity (Wildman–Crippen MR) is 96.6 cm³/mol. The lowest BCUT2D eigenvalue weighted by molar-refractivity contribution is 0.0760. The lowest BCUT2D eigenvalue weighted by Gasteiger charge is -2.24. The number of nitrogens with zero attached hydrogens (tertiary/aromatic N) is 1. The molecule has 120 valence electrons. The number of hydrogen-bond acceptors (Lipinski definition) is 2. The zero-order chi connectivity index (χ0) is 16.5. The van der Waals surface area contributed by atoms with Gasteiger partial charge in [-0.1, -0.05) is 42.5 Å². The van der Waals surface area contributed by atoms with Crippen LogP contribution in [0.3, 0.4) is 0 Å². The molecule has 1 aliphatic heterocycles. The monoisotopic (exact) mass is 337 g/mol. The van der Waals surface area contributed by atoms with Gasteiger partial charge in [0, 0.05) is 17.9 Å². The second-order valence-corrected chi connectivity index (χ2v) is 7.03. The first-order valence-electron chi connectivity index (χ1n) is 7.89. The minimum Gasteiger partial charge on any atom is -0.322 e. The SMILES string of the molecule is O=C(c1ccc2ccccc2c1)N1CCS[C@H]1c1cccc(F)c1. The molecular weight excluding hydrogens is 321 g/mol. The number of fused-ring (bicyclic) bond motifs is 1. The summed E-state index contributed by atoms with van der Waals surface area (Å²) in [6, 6.07) is 20.3. The Morgan fingerprint density at radius 1 is 1.00 bits per heavy atom. The Morgan fingerprint density at radius 2 is 1.83 bits per heavy atom. The van der Waals surface area contributed by atoms with Crippen LogP contribution in [0.15, 0.2) is 66.7 Å². The Balaban J connectivity index is 1.66. The summed E-state index contributed by atoms with van der Waals surface area (Å²) in [5.41, 5.74) is 1.52. The van der Waals surface area contributed by atoms with Crippen molar-refractivity contribution in [1.82, 2.24) is 4.90 Å². The predicted octanol–water partition coefficient (Wildman–Crippen LogP) is 4.87. The van der Waals surface area contributed by atoms with Gasteiger partial charge >= 0.3 is 0 Å². The number of benzene rings is 3. The Hall–Kier alpha value is -2.33. The van der Waals surface area contributed by atoms with Crippen molar-refractivity contribution < 1.29 is 9.18 Å². The second-order valence-electron chi connectivity index (χ2n) is 5.84. The van der Waals surface area contributed by atoms with Gasteiger partial charge in [-0.05, 0) is 40.6 Å². The van der Waals surface area contributed by atoms with E-state index >= 15 is 0 Å². The van der Waals surface area contributed by atoms with Crippen LogP contribution in [-0.4, -0.2) is 23.1 Å². The standard InChI is InChI=1S/C20H16FNOS/c21-18-7-3-6-17(13-18)20-22(10-11-24-20)19(23)16-9-8-14-4-1-2-5-15(14)12-16/h1-9,12-13,20H,10-11H2/t20-/m0/s1. The zero-order valence-corrected chi connectivity index (χ0v) is 13.8. The minimum atomic E-state index is -0.266. The highest BCUT2D eigenvalue weighted by atomic mass is 32.2. The molecule has 4 heteroatoms. The van der Waals surface area contributed by atoms with Gasteiger partial charge < -0.3 is 4.90 Å². The summed E-state index contributed by atoms with van der Waals surface area (Å²) in [6.45, 7) is 0.678. The van der Waals surface area contributed by atoms with E-state index in [1.165, 1.54) is 12.1 Å². The van der Waals surface area contributed by atoms with Gasteiger partial charge in [-0.25, -0.2) is 4.39 Å². The second kappa shape index (κ2) is 6.29. The van der Waals surface area contributed by atoms with Crippen LogP contribution in [0.5, 0.6) is 0 Å². The molecule has 0 saturated carbocycles. The largest absolute Gasteiger partial charge is 0.322 e. The zero-order valence-electron chi connectivity index (χ0n) is 13.0. The van der Waals surface area contributed by atoms with Crippen molar-refractivity contribution >= 4 is 28.4 Å². The maximum atomic E-state index is 13.5. The molecule has 1 saturated heterocycles. The Bertz CT molecular complexity index is 911. The van der Waals surface area contributed by atoms with Gasteiger partial charge in [-0.3, -0.25) is 4.79 Å². The van der Waals surface area contributed by atoms with E-state index in [-0.39, 0.29) is 17.1 Å². The first kappa shape index (κ1) is 15.2. The molecule has 1 atom stereocenters. The molecule has 0 aromatic heterocycles. The quantitative estimate of drug-likeness (QED) is 0.665. The maximum absolute atomic E-state index is 13.5. The molecule has 1 heterocycles. The molecule has 4 rings (SSSR count). The van der Waals surface area contributed by atoms with Crippen molar-refractivity contribution in [3.8, 4) is 0 Å². The van der Waals surface area contributed by atoms with Crippen molar-refractivity contribution in [3.05, 3.63) is 83.7 Å². The Labute approximate surface area is 144 Å². The molecule has 3 aromatic carbocycles. The number of rotatable bonds is 2. The fourth-order valence-electron chi connectivity index (χ4n) is 3.10. The number of halogens is 1. The highest BCUT2D eigenvalue weighted by Gasteiger charge is 2.31. The van der Waals surface area contributed by atoms with Crippen LogP contribution >= 0.6 is 11.8 Å². The maximum Gasteiger partial charge on any atom is 0.255 e. The Morgan fingerprint density at radius 3 is 2.67 bits per heavy atom. The van der Waals surface area contributed by atoms with Gasteiger partial charge in [0.15, 0.2) is 0 Å². The summed E-state index contributed by atoms with van der Waals surface area (Å²) in [4.78, 5) is 14.8. The van der Waals surface area contributed by atoms with Crippen molar-refractivity contribution in [3.63, 3.8) is 0 Å². The number of carbonyl (C=O) groups excluding carboxylic acids is 1. The van der Waals surface area contributed by atoms with E-state index in [2.05, 4.69) is 0 Å². The van der Waals surface area contributed by atoms with Gasteiger partial charge in [0.05, 0.1) is 0 Å². The number of amides is 1. The third-order valence-corrected chi connectivity index (χ3v) is 5.54. The summed E-state index contributed by atoms with van der Waals surface area (Å²) in [5, 5.41) is 2.05. The topological polar surface area (TPSA) is 20.3 Å². The molecule has 1 aliphatic rings. The summed E-state index contributed by atoms with van der Waals surface area (Å²) >= 11 is 1.68. The molecule has 0 unspecified atom stereocenters. The van der Waals surface area contributed by atoms with E-state index in [4.69, 9.17) is 0 Å². The van der Waals surface area contributed by atoms with Crippen molar-refractivity contribution in [2.24, 2.45) is 0 Å². The first-order valence-corrected chi connectivity index (χ1v) is 8.94. The Kier molecular flexibility index (Phi) is 3.98. The van der Waals surface area contributed by atoms with Crippen LogP contribution in [0, 0.1) is 5.82 Å².